The van der Waals surface area contributed by atoms with Crippen LogP contribution in [0.25, 0.3) is 17.0 Å². The first-order valence-corrected chi connectivity index (χ1v) is 7.90. The Labute approximate surface area is 152 Å². The minimum Gasteiger partial charge on any atom is -0.449 e. The fourth-order valence-corrected chi connectivity index (χ4v) is 2.55. The predicted molar refractivity (Wildman–Crippen MR) is 96.3 cm³/mol. The zero-order chi connectivity index (χ0) is 18.8. The van der Waals surface area contributed by atoms with E-state index in [2.05, 4.69) is 25.1 Å². The molecule has 0 radical (unpaired) electrons. The normalized spacial score (nSPS) is 10.7. The van der Waals surface area contributed by atoms with E-state index in [1.807, 2.05) is 18.2 Å². The maximum Gasteiger partial charge on any atom is 0.511 e. The highest BCUT2D eigenvalue weighted by Crippen LogP contribution is 2.18. The highest BCUT2D eigenvalue weighted by atomic mass is 16.7. The van der Waals surface area contributed by atoms with Crippen molar-refractivity contribution >= 4 is 28.8 Å². The molecule has 0 bridgehead atoms. The molecule has 0 saturated carbocycles. The molecule has 134 valence electrons. The number of carbonyl (C=O) groups excluding carboxylic acids is 1. The van der Waals surface area contributed by atoms with Crippen molar-refractivity contribution in [2.75, 3.05) is 5.32 Å². The van der Waals surface area contributed by atoms with Crippen LogP contribution >= 0.6 is 0 Å². The molecular weight excluding hydrogens is 350 g/mol. The largest absolute Gasteiger partial charge is 0.511 e. The first-order valence-electron chi connectivity index (χ1n) is 7.90. The van der Waals surface area contributed by atoms with Gasteiger partial charge in [-0.05, 0) is 30.3 Å². The summed E-state index contributed by atoms with van der Waals surface area (Å²) < 4.78 is 5.89. The zero-order valence-corrected chi connectivity index (χ0v) is 13.8. The highest BCUT2D eigenvalue weighted by molar-refractivity contribution is 6.05. The molecule has 0 aliphatic heterocycles. The molecule has 2 heterocycles. The summed E-state index contributed by atoms with van der Waals surface area (Å²) >= 11 is 0. The third-order valence-corrected chi connectivity index (χ3v) is 3.74. The maximum absolute atomic E-state index is 12.4. The molecule has 0 saturated heterocycles. The van der Waals surface area contributed by atoms with E-state index < -0.39 is 6.16 Å². The summed E-state index contributed by atoms with van der Waals surface area (Å²) in [5.41, 5.74) is 2.45. The van der Waals surface area contributed by atoms with Gasteiger partial charge in [-0.2, -0.15) is 5.10 Å². The molecule has 9 nitrogen and oxygen atoms in total. The maximum atomic E-state index is 12.4. The van der Waals surface area contributed by atoms with Crippen LogP contribution in [0.15, 0.2) is 60.9 Å². The number of anilines is 1. The molecule has 0 aliphatic carbocycles. The van der Waals surface area contributed by atoms with E-state index in [9.17, 15) is 9.59 Å². The van der Waals surface area contributed by atoms with Crippen LogP contribution in [-0.4, -0.2) is 36.9 Å². The SMILES string of the molecule is O=C(O)Oc1cnn(-c2nc3ccc(C(=O)Nc4ccccc4)cc3[nH]2)c1. The standard InChI is InChI=1S/C18H13N5O4/c24-16(20-12-4-2-1-3-5-12)11-6-7-14-15(8-11)22-17(21-14)23-10-13(9-19-23)27-18(25)26/h1-10H,(H,20,24)(H,21,22)(H,25,26). The molecule has 0 unspecified atom stereocenters. The van der Waals surface area contributed by atoms with E-state index in [0.717, 1.165) is 0 Å². The van der Waals surface area contributed by atoms with Crippen LogP contribution < -0.4 is 10.1 Å². The van der Waals surface area contributed by atoms with Crippen LogP contribution in [0.4, 0.5) is 10.5 Å². The fraction of sp³-hybridized carbons (Fsp3) is 0. The molecule has 0 fully saturated rings. The molecule has 3 N–H and O–H groups in total. The lowest BCUT2D eigenvalue weighted by molar-refractivity contribution is 0.102. The number of nitrogens with one attached hydrogen (secondary N) is 2. The van der Waals surface area contributed by atoms with Gasteiger partial charge in [-0.1, -0.05) is 18.2 Å². The Bertz CT molecular complexity index is 1130. The van der Waals surface area contributed by atoms with Gasteiger partial charge in [0, 0.05) is 11.3 Å². The third-order valence-electron chi connectivity index (χ3n) is 3.74. The van der Waals surface area contributed by atoms with E-state index >= 15 is 0 Å². The zero-order valence-electron chi connectivity index (χ0n) is 13.8. The molecule has 2 aromatic heterocycles. The van der Waals surface area contributed by atoms with Gasteiger partial charge in [-0.3, -0.25) is 4.79 Å². The van der Waals surface area contributed by atoms with Gasteiger partial charge in [-0.25, -0.2) is 14.5 Å². The van der Waals surface area contributed by atoms with Gasteiger partial charge in [0.15, 0.2) is 5.75 Å². The van der Waals surface area contributed by atoms with Gasteiger partial charge in [0.1, 0.15) is 0 Å². The van der Waals surface area contributed by atoms with Crippen LogP contribution in [0, 0.1) is 0 Å². The van der Waals surface area contributed by atoms with Gasteiger partial charge in [-0.15, -0.1) is 0 Å². The van der Waals surface area contributed by atoms with Gasteiger partial charge in [0.2, 0.25) is 5.95 Å². The monoisotopic (exact) mass is 363 g/mol. The smallest absolute Gasteiger partial charge is 0.449 e. The first-order chi connectivity index (χ1) is 13.1. The Morgan fingerprint density at radius 1 is 1.15 bits per heavy atom. The van der Waals surface area contributed by atoms with Crippen LogP contribution in [0.2, 0.25) is 0 Å². The second kappa shape index (κ2) is 6.64. The third kappa shape index (κ3) is 3.47. The van der Waals surface area contributed by atoms with Crippen LogP contribution in [0.1, 0.15) is 10.4 Å². The summed E-state index contributed by atoms with van der Waals surface area (Å²) in [6.45, 7) is 0. The second-order valence-corrected chi connectivity index (χ2v) is 5.60. The Balaban J connectivity index is 1.59. The number of rotatable bonds is 4. The fourth-order valence-electron chi connectivity index (χ4n) is 2.55. The summed E-state index contributed by atoms with van der Waals surface area (Å²) in [4.78, 5) is 30.4. The number of H-pyrrole nitrogens is 1. The Morgan fingerprint density at radius 2 is 1.96 bits per heavy atom. The van der Waals surface area contributed by atoms with E-state index in [1.165, 1.54) is 17.1 Å². The van der Waals surface area contributed by atoms with Crippen molar-refractivity contribution < 1.29 is 19.4 Å². The number of carboxylic acid groups (broad SMARTS) is 1. The van der Waals surface area contributed by atoms with Crippen LogP contribution in [0.5, 0.6) is 5.75 Å². The number of para-hydroxylation sites is 1. The molecule has 27 heavy (non-hydrogen) atoms. The molecule has 2 aromatic carbocycles. The number of aromatic amines is 1. The van der Waals surface area contributed by atoms with Crippen molar-refractivity contribution in [2.45, 2.75) is 0 Å². The second-order valence-electron chi connectivity index (χ2n) is 5.60. The molecule has 0 atom stereocenters. The van der Waals surface area contributed by atoms with Crippen LogP contribution in [0.3, 0.4) is 0 Å². The van der Waals surface area contributed by atoms with Crippen molar-refractivity contribution in [3.63, 3.8) is 0 Å². The summed E-state index contributed by atoms with van der Waals surface area (Å²) in [5.74, 6) is 0.201. The number of aromatic nitrogens is 4. The van der Waals surface area contributed by atoms with Gasteiger partial charge in [0.05, 0.1) is 23.4 Å². The molecule has 4 rings (SSSR count). The Hall–Kier alpha value is -4.14. The van der Waals surface area contributed by atoms with Gasteiger partial charge < -0.3 is 20.1 Å². The number of imidazole rings is 1. The Morgan fingerprint density at radius 3 is 2.74 bits per heavy atom. The Kier molecular flexibility index (Phi) is 4.01. The molecule has 0 aliphatic rings. The van der Waals surface area contributed by atoms with Gasteiger partial charge >= 0.3 is 6.16 Å². The topological polar surface area (TPSA) is 122 Å². The minimum atomic E-state index is -1.42. The highest BCUT2D eigenvalue weighted by Gasteiger charge is 2.12. The minimum absolute atomic E-state index is 0.0749. The number of benzene rings is 2. The van der Waals surface area contributed by atoms with Crippen molar-refractivity contribution in [3.05, 3.63) is 66.5 Å². The number of fused-ring (bicyclic) bond motifs is 1. The number of nitrogens with zero attached hydrogens (tertiary/aromatic N) is 3. The van der Waals surface area contributed by atoms with Crippen LogP contribution in [-0.2, 0) is 0 Å². The molecule has 4 aromatic rings. The lowest BCUT2D eigenvalue weighted by Crippen LogP contribution is -2.11. The summed E-state index contributed by atoms with van der Waals surface area (Å²) in [7, 11) is 0. The molecule has 1 amide bonds. The molecule has 0 spiro atoms. The number of ether oxygens (including phenoxy) is 1. The van der Waals surface area contributed by atoms with E-state index in [4.69, 9.17) is 5.11 Å². The van der Waals surface area contributed by atoms with E-state index in [1.54, 1.807) is 30.3 Å². The van der Waals surface area contributed by atoms with Gasteiger partial charge in [0.25, 0.3) is 5.91 Å². The summed E-state index contributed by atoms with van der Waals surface area (Å²) in [6, 6.07) is 14.2. The first kappa shape index (κ1) is 16.3. The average molecular weight is 363 g/mol. The lowest BCUT2D eigenvalue weighted by Gasteiger charge is -2.04. The van der Waals surface area contributed by atoms with E-state index in [-0.39, 0.29) is 11.7 Å². The predicted octanol–water partition coefficient (Wildman–Crippen LogP) is 3.06. The van der Waals surface area contributed by atoms with Crippen molar-refractivity contribution in [1.29, 1.82) is 0 Å². The number of carbonyl (C=O) groups is 2. The number of hydrogen-bond donors (Lipinski definition) is 3. The van der Waals surface area contributed by atoms with Crippen molar-refractivity contribution in [1.82, 2.24) is 19.7 Å². The number of hydrogen-bond acceptors (Lipinski definition) is 5. The molecular formula is C18H13N5O4. The lowest BCUT2D eigenvalue weighted by atomic mass is 10.2. The van der Waals surface area contributed by atoms with Crippen molar-refractivity contribution in [3.8, 4) is 11.7 Å². The molecule has 9 heteroatoms. The van der Waals surface area contributed by atoms with Crippen molar-refractivity contribution in [2.24, 2.45) is 0 Å². The number of amides is 1. The summed E-state index contributed by atoms with van der Waals surface area (Å²) in [5, 5.41) is 15.5. The average Bonchev–Trinajstić information content (AvgIpc) is 3.27. The van der Waals surface area contributed by atoms with E-state index in [0.29, 0.717) is 28.2 Å². The quantitative estimate of drug-likeness (QED) is 0.479. The summed E-state index contributed by atoms with van der Waals surface area (Å²) in [6.07, 6.45) is 1.22.